The fourth-order valence-corrected chi connectivity index (χ4v) is 5.91. The summed E-state index contributed by atoms with van der Waals surface area (Å²) in [5.74, 6) is -0.735. The molecule has 1 aliphatic rings. The van der Waals surface area contributed by atoms with Gasteiger partial charge in [0.1, 0.15) is 10.6 Å². The summed E-state index contributed by atoms with van der Waals surface area (Å²) in [7, 11) is 0. The molecular formula is C28H32F3N5O5S. The fourth-order valence-electron chi connectivity index (χ4n) is 4.80. The van der Waals surface area contributed by atoms with Crippen molar-refractivity contribution in [1.29, 1.82) is 0 Å². The van der Waals surface area contributed by atoms with Gasteiger partial charge in [0.2, 0.25) is 11.9 Å². The van der Waals surface area contributed by atoms with Gasteiger partial charge in [0.25, 0.3) is 0 Å². The van der Waals surface area contributed by atoms with Crippen molar-refractivity contribution in [3.63, 3.8) is 0 Å². The maximum absolute atomic E-state index is 14.0. The molecule has 1 aliphatic heterocycles. The monoisotopic (exact) mass is 607 g/mol. The van der Waals surface area contributed by atoms with Crippen LogP contribution in [-0.2, 0) is 26.7 Å². The van der Waals surface area contributed by atoms with E-state index in [0.29, 0.717) is 45.3 Å². The van der Waals surface area contributed by atoms with Gasteiger partial charge in [0.05, 0.1) is 23.8 Å². The minimum Gasteiger partial charge on any atom is -0.464 e. The molecule has 0 spiro atoms. The van der Waals surface area contributed by atoms with Gasteiger partial charge in [-0.25, -0.2) is 24.6 Å². The Morgan fingerprint density at radius 3 is 2.55 bits per heavy atom. The largest absolute Gasteiger partial charge is 0.464 e. The van der Waals surface area contributed by atoms with Crippen LogP contribution in [0.25, 0.3) is 10.4 Å². The lowest BCUT2D eigenvalue weighted by Gasteiger charge is -2.30. The average Bonchev–Trinajstić information content (AvgIpc) is 3.32. The van der Waals surface area contributed by atoms with Crippen LogP contribution in [-0.4, -0.2) is 56.9 Å². The summed E-state index contributed by atoms with van der Waals surface area (Å²) in [6.45, 7) is 6.72. The van der Waals surface area contributed by atoms with Gasteiger partial charge in [-0.3, -0.25) is 4.79 Å². The number of thiazole rings is 1. The summed E-state index contributed by atoms with van der Waals surface area (Å²) < 4.78 is 48.0. The number of aryl methyl sites for hydroxylation is 1. The van der Waals surface area contributed by atoms with Crippen molar-refractivity contribution in [2.45, 2.75) is 64.1 Å². The zero-order valence-electron chi connectivity index (χ0n) is 23.6. The molecule has 3 heterocycles. The summed E-state index contributed by atoms with van der Waals surface area (Å²) >= 11 is 1.29. The number of hydrogen-bond acceptors (Lipinski definition) is 8. The van der Waals surface area contributed by atoms with Gasteiger partial charge in [-0.2, -0.15) is 13.2 Å². The summed E-state index contributed by atoms with van der Waals surface area (Å²) in [5.41, 5.74) is -1.92. The molecule has 1 unspecified atom stereocenters. The van der Waals surface area contributed by atoms with Crippen LogP contribution in [0.4, 0.5) is 29.6 Å². The Bertz CT molecular complexity index is 1470. The molecule has 1 aromatic carbocycles. The smallest absolute Gasteiger partial charge is 0.433 e. The molecule has 226 valence electrons. The number of carbonyl (C=O) groups excluding carboxylic acids is 1. The van der Waals surface area contributed by atoms with E-state index in [2.05, 4.69) is 20.3 Å². The molecule has 0 radical (unpaired) electrons. The van der Waals surface area contributed by atoms with Gasteiger partial charge in [-0.05, 0) is 42.0 Å². The van der Waals surface area contributed by atoms with Gasteiger partial charge in [-0.1, -0.05) is 26.8 Å². The van der Waals surface area contributed by atoms with E-state index in [-0.39, 0.29) is 36.8 Å². The quantitative estimate of drug-likeness (QED) is 0.318. The van der Waals surface area contributed by atoms with E-state index in [1.807, 2.05) is 0 Å². The summed E-state index contributed by atoms with van der Waals surface area (Å²) in [5, 5.41) is 22.9. The Morgan fingerprint density at radius 1 is 1.17 bits per heavy atom. The third-order valence-corrected chi connectivity index (χ3v) is 8.05. The second-order valence-electron chi connectivity index (χ2n) is 11.1. The molecule has 4 rings (SSSR count). The molecular weight excluding hydrogens is 575 g/mol. The topological polar surface area (TPSA) is 138 Å². The minimum atomic E-state index is -4.83. The molecule has 1 atom stereocenters. The Kier molecular flexibility index (Phi) is 8.90. The first-order valence-electron chi connectivity index (χ1n) is 13.2. The van der Waals surface area contributed by atoms with Crippen LogP contribution in [0.3, 0.4) is 0 Å². The SMILES string of the molecule is Cc1cc(-c2cnc(C3(OCCO)CCNC(=O)CC3)s2)cc(N(C(=O)O)c2ncc(C(C)(C)C)c(C(F)(F)F)n2)c1. The summed E-state index contributed by atoms with van der Waals surface area (Å²) in [6, 6.07) is 4.83. The Morgan fingerprint density at radius 2 is 1.90 bits per heavy atom. The van der Waals surface area contributed by atoms with Crippen LogP contribution in [0.15, 0.2) is 30.6 Å². The van der Waals surface area contributed by atoms with Crippen LogP contribution in [0.1, 0.15) is 61.9 Å². The first-order chi connectivity index (χ1) is 19.6. The number of anilines is 2. The number of rotatable bonds is 7. The lowest BCUT2D eigenvalue weighted by atomic mass is 9.86. The Labute approximate surface area is 244 Å². The van der Waals surface area contributed by atoms with Gasteiger partial charge < -0.3 is 20.3 Å². The number of nitrogens with one attached hydrogen (secondary N) is 1. The van der Waals surface area contributed by atoms with E-state index in [1.54, 1.807) is 40.0 Å². The number of nitrogens with zero attached hydrogens (tertiary/aromatic N) is 4. The second-order valence-corrected chi connectivity index (χ2v) is 12.1. The highest BCUT2D eigenvalue weighted by molar-refractivity contribution is 7.15. The zero-order chi connectivity index (χ0) is 30.9. The first-order valence-corrected chi connectivity index (χ1v) is 14.0. The standard InChI is InChI=1S/C28H32F3N5O5S/c1-16-11-17(20-15-33-23(42-20)27(41-10-9-37)6-5-21(38)32-8-7-27)13-18(12-16)36(25(39)40)24-34-14-19(26(2,3)4)22(35-24)28(29,30)31/h11-15,37H,5-10H2,1-4H3,(H,32,38)(H,39,40). The number of alkyl halides is 3. The molecule has 0 bridgehead atoms. The summed E-state index contributed by atoms with van der Waals surface area (Å²) in [4.78, 5) is 37.9. The van der Waals surface area contributed by atoms with Crippen molar-refractivity contribution in [3.05, 3.63) is 52.4 Å². The molecule has 3 aromatic rings. The number of hydrogen-bond donors (Lipinski definition) is 3. The molecule has 0 saturated carbocycles. The highest BCUT2D eigenvalue weighted by atomic mass is 32.1. The molecule has 2 amide bonds. The first kappa shape index (κ1) is 31.3. The number of aliphatic hydroxyl groups excluding tert-OH is 1. The average molecular weight is 608 g/mol. The fraction of sp³-hybridized carbons (Fsp3) is 0.464. The lowest BCUT2D eigenvalue weighted by molar-refractivity contribution is -0.142. The van der Waals surface area contributed by atoms with Crippen LogP contribution >= 0.6 is 11.3 Å². The van der Waals surface area contributed by atoms with Crippen LogP contribution < -0.4 is 10.2 Å². The molecule has 14 heteroatoms. The van der Waals surface area contributed by atoms with Gasteiger partial charge in [-0.15, -0.1) is 11.3 Å². The number of carbonyl (C=O) groups is 2. The predicted octanol–water partition coefficient (Wildman–Crippen LogP) is 5.55. The van der Waals surface area contributed by atoms with Crippen molar-refractivity contribution >= 4 is 35.0 Å². The van der Waals surface area contributed by atoms with Gasteiger partial charge in [0, 0.05) is 37.3 Å². The molecule has 10 nitrogen and oxygen atoms in total. The molecule has 3 N–H and O–H groups in total. The van der Waals surface area contributed by atoms with Crippen molar-refractivity contribution in [1.82, 2.24) is 20.3 Å². The number of amides is 2. The maximum Gasteiger partial charge on any atom is 0.433 e. The number of ether oxygens (including phenoxy) is 1. The molecule has 0 aliphatic carbocycles. The van der Waals surface area contributed by atoms with E-state index in [9.17, 15) is 33.0 Å². The van der Waals surface area contributed by atoms with Crippen molar-refractivity contribution in [2.24, 2.45) is 0 Å². The minimum absolute atomic E-state index is 0.0547. The highest BCUT2D eigenvalue weighted by Crippen LogP contribution is 2.42. The molecule has 42 heavy (non-hydrogen) atoms. The van der Waals surface area contributed by atoms with E-state index in [0.717, 1.165) is 6.20 Å². The third kappa shape index (κ3) is 6.71. The van der Waals surface area contributed by atoms with Crippen LogP contribution in [0, 0.1) is 6.92 Å². The predicted molar refractivity (Wildman–Crippen MR) is 150 cm³/mol. The number of aromatic nitrogens is 3. The van der Waals surface area contributed by atoms with E-state index in [4.69, 9.17) is 4.74 Å². The zero-order valence-corrected chi connectivity index (χ0v) is 24.4. The van der Waals surface area contributed by atoms with Gasteiger partial charge in [0.15, 0.2) is 5.69 Å². The highest BCUT2D eigenvalue weighted by Gasteiger charge is 2.41. The van der Waals surface area contributed by atoms with E-state index < -0.39 is 34.9 Å². The maximum atomic E-state index is 14.0. The van der Waals surface area contributed by atoms with Crippen molar-refractivity contribution < 1.29 is 37.7 Å². The third-order valence-electron chi connectivity index (χ3n) is 6.82. The molecule has 1 saturated heterocycles. The number of aliphatic hydroxyl groups is 1. The van der Waals surface area contributed by atoms with Crippen molar-refractivity contribution in [3.8, 4) is 10.4 Å². The summed E-state index contributed by atoms with van der Waals surface area (Å²) in [6.07, 6.45) is -2.73. The van der Waals surface area contributed by atoms with E-state index in [1.165, 1.54) is 23.5 Å². The van der Waals surface area contributed by atoms with Crippen LogP contribution in [0.5, 0.6) is 0 Å². The molecule has 2 aromatic heterocycles. The van der Waals surface area contributed by atoms with E-state index >= 15 is 0 Å². The normalized spacial score (nSPS) is 18.0. The number of benzene rings is 1. The number of halogens is 3. The molecule has 1 fully saturated rings. The Balaban J connectivity index is 1.77. The van der Waals surface area contributed by atoms with Gasteiger partial charge >= 0.3 is 12.3 Å². The van der Waals surface area contributed by atoms with Crippen molar-refractivity contribution in [2.75, 3.05) is 24.7 Å². The second kappa shape index (κ2) is 11.9. The Hall–Kier alpha value is -3.62. The number of carboxylic acid groups (broad SMARTS) is 1. The van der Waals surface area contributed by atoms with Crippen LogP contribution in [0.2, 0.25) is 0 Å². The lowest BCUT2D eigenvalue weighted by Crippen LogP contribution is -2.32.